The molecule has 0 bridgehead atoms. The van der Waals surface area contributed by atoms with Gasteiger partial charge in [-0.3, -0.25) is 9.59 Å². The molecule has 1 amide bonds. The van der Waals surface area contributed by atoms with Crippen LogP contribution in [0.2, 0.25) is 0 Å². The Kier molecular flexibility index (Phi) is 6.07. The summed E-state index contributed by atoms with van der Waals surface area (Å²) >= 11 is 0. The van der Waals surface area contributed by atoms with Crippen LogP contribution in [0.25, 0.3) is 22.3 Å². The van der Waals surface area contributed by atoms with Gasteiger partial charge in [0, 0.05) is 41.0 Å². The normalized spacial score (nSPS) is 13.8. The maximum atomic E-state index is 13.2. The van der Waals surface area contributed by atoms with E-state index in [0.29, 0.717) is 34.5 Å². The van der Waals surface area contributed by atoms with E-state index < -0.39 is 5.97 Å². The number of fused-ring (bicyclic) bond motifs is 2. The zero-order valence-corrected chi connectivity index (χ0v) is 21.2. The number of nitrogens with zero attached hydrogens (tertiary/aromatic N) is 1. The molecule has 1 aliphatic rings. The predicted molar refractivity (Wildman–Crippen MR) is 143 cm³/mol. The molecule has 1 atom stereocenters. The number of nitrogens with one attached hydrogen (secondary N) is 1. The molecule has 7 heteroatoms. The highest BCUT2D eigenvalue weighted by Gasteiger charge is 2.29. The third-order valence-electron chi connectivity index (χ3n) is 6.84. The molecule has 0 aliphatic carbocycles. The number of carboxylic acids is 1. The summed E-state index contributed by atoms with van der Waals surface area (Å²) in [5, 5.41) is 13.3. The summed E-state index contributed by atoms with van der Waals surface area (Å²) in [4.78, 5) is 39.4. The molecule has 0 fully saturated rings. The van der Waals surface area contributed by atoms with Crippen molar-refractivity contribution >= 4 is 28.5 Å². The average molecular weight is 497 g/mol. The summed E-state index contributed by atoms with van der Waals surface area (Å²) in [5.41, 5.74) is 4.87. The first-order valence-electron chi connectivity index (χ1n) is 12.3. The van der Waals surface area contributed by atoms with Gasteiger partial charge in [0.25, 0.3) is 5.91 Å². The molecule has 0 radical (unpaired) electrons. The smallest absolute Gasteiger partial charge is 0.337 e. The van der Waals surface area contributed by atoms with Gasteiger partial charge in [0.15, 0.2) is 5.43 Å². The Labute approximate surface area is 214 Å². The van der Waals surface area contributed by atoms with Gasteiger partial charge in [-0.1, -0.05) is 24.3 Å². The molecular formula is C30H28N2O5. The molecule has 2 N–H and O–H groups in total. The SMILES string of the molecule is Cc1cc(C(C)Nc2ccccc2C(=O)O)c2oc(-c3ccc4c(c3)CN(C(C)C)C4=O)cc(=O)c2c1. The van der Waals surface area contributed by atoms with Crippen molar-refractivity contribution in [3.63, 3.8) is 0 Å². The van der Waals surface area contributed by atoms with E-state index in [0.717, 1.165) is 22.3 Å². The van der Waals surface area contributed by atoms with Crippen molar-refractivity contribution in [3.8, 4) is 11.3 Å². The first-order valence-corrected chi connectivity index (χ1v) is 12.3. The summed E-state index contributed by atoms with van der Waals surface area (Å²) in [5.74, 6) is -0.598. The van der Waals surface area contributed by atoms with Crippen LogP contribution in [-0.4, -0.2) is 27.9 Å². The van der Waals surface area contributed by atoms with E-state index >= 15 is 0 Å². The minimum atomic E-state index is -1.02. The van der Waals surface area contributed by atoms with Crippen LogP contribution in [0.4, 0.5) is 5.69 Å². The molecule has 37 heavy (non-hydrogen) atoms. The topological polar surface area (TPSA) is 99.8 Å². The zero-order valence-electron chi connectivity index (χ0n) is 21.2. The molecule has 7 nitrogen and oxygen atoms in total. The van der Waals surface area contributed by atoms with Crippen LogP contribution in [-0.2, 0) is 6.54 Å². The minimum Gasteiger partial charge on any atom is -0.478 e. The quantitative estimate of drug-likeness (QED) is 0.339. The number of carbonyl (C=O) groups excluding carboxylic acids is 1. The van der Waals surface area contributed by atoms with Gasteiger partial charge < -0.3 is 19.7 Å². The molecule has 5 rings (SSSR count). The summed E-state index contributed by atoms with van der Waals surface area (Å²) in [6.45, 7) is 8.31. The maximum Gasteiger partial charge on any atom is 0.337 e. The number of rotatable bonds is 6. The van der Waals surface area contributed by atoms with Crippen molar-refractivity contribution in [2.45, 2.75) is 46.3 Å². The van der Waals surface area contributed by atoms with E-state index in [4.69, 9.17) is 4.42 Å². The van der Waals surface area contributed by atoms with Gasteiger partial charge in [0.05, 0.1) is 17.0 Å². The van der Waals surface area contributed by atoms with Gasteiger partial charge in [0.2, 0.25) is 0 Å². The highest BCUT2D eigenvalue weighted by molar-refractivity contribution is 5.99. The van der Waals surface area contributed by atoms with Crippen molar-refractivity contribution < 1.29 is 19.1 Å². The number of amides is 1. The summed E-state index contributed by atoms with van der Waals surface area (Å²) in [6, 6.07) is 17.2. The lowest BCUT2D eigenvalue weighted by Crippen LogP contribution is -2.30. The number of anilines is 1. The molecule has 2 heterocycles. The average Bonchev–Trinajstić information content (AvgIpc) is 3.20. The van der Waals surface area contributed by atoms with E-state index in [1.54, 1.807) is 36.4 Å². The van der Waals surface area contributed by atoms with Gasteiger partial charge in [-0.25, -0.2) is 4.79 Å². The van der Waals surface area contributed by atoms with Crippen LogP contribution in [0.3, 0.4) is 0 Å². The second-order valence-corrected chi connectivity index (χ2v) is 9.82. The first-order chi connectivity index (χ1) is 17.6. The molecule has 1 unspecified atom stereocenters. The third kappa shape index (κ3) is 4.37. The summed E-state index contributed by atoms with van der Waals surface area (Å²) in [7, 11) is 0. The van der Waals surface area contributed by atoms with E-state index in [2.05, 4.69) is 5.32 Å². The van der Waals surface area contributed by atoms with Crippen LogP contribution in [0, 0.1) is 6.92 Å². The van der Waals surface area contributed by atoms with Crippen molar-refractivity contribution in [2.75, 3.05) is 5.32 Å². The first kappa shape index (κ1) is 24.3. The fourth-order valence-corrected chi connectivity index (χ4v) is 4.92. The number of benzene rings is 3. The summed E-state index contributed by atoms with van der Waals surface area (Å²) < 4.78 is 6.36. The van der Waals surface area contributed by atoms with Crippen molar-refractivity contribution in [1.82, 2.24) is 4.90 Å². The minimum absolute atomic E-state index is 0.0100. The Morgan fingerprint density at radius 1 is 1.03 bits per heavy atom. The Morgan fingerprint density at radius 2 is 1.78 bits per heavy atom. The number of carboxylic acid groups (broad SMARTS) is 1. The van der Waals surface area contributed by atoms with Gasteiger partial charge in [-0.05, 0) is 69.2 Å². The van der Waals surface area contributed by atoms with Crippen LogP contribution < -0.4 is 10.7 Å². The molecule has 0 spiro atoms. The van der Waals surface area contributed by atoms with Crippen LogP contribution in [0.5, 0.6) is 0 Å². The fourth-order valence-electron chi connectivity index (χ4n) is 4.92. The summed E-state index contributed by atoms with van der Waals surface area (Å²) in [6.07, 6.45) is 0. The second kappa shape index (κ2) is 9.24. The van der Waals surface area contributed by atoms with Gasteiger partial charge >= 0.3 is 5.97 Å². The molecule has 0 saturated heterocycles. The van der Waals surface area contributed by atoms with E-state index in [1.807, 2.05) is 50.8 Å². The zero-order chi connectivity index (χ0) is 26.4. The largest absolute Gasteiger partial charge is 0.478 e. The van der Waals surface area contributed by atoms with Crippen LogP contribution in [0.1, 0.15) is 64.2 Å². The van der Waals surface area contributed by atoms with Crippen molar-refractivity contribution in [1.29, 1.82) is 0 Å². The van der Waals surface area contributed by atoms with Crippen molar-refractivity contribution in [3.05, 3.63) is 98.7 Å². The Morgan fingerprint density at radius 3 is 2.51 bits per heavy atom. The van der Waals surface area contributed by atoms with Crippen molar-refractivity contribution in [2.24, 2.45) is 0 Å². The van der Waals surface area contributed by atoms with Crippen LogP contribution in [0.15, 0.2) is 69.9 Å². The lowest BCUT2D eigenvalue weighted by atomic mass is 9.99. The van der Waals surface area contributed by atoms with Crippen LogP contribution >= 0.6 is 0 Å². The Balaban J connectivity index is 1.59. The second-order valence-electron chi connectivity index (χ2n) is 9.82. The lowest BCUT2D eigenvalue weighted by Gasteiger charge is -2.19. The number of aryl methyl sites for hydroxylation is 1. The van der Waals surface area contributed by atoms with Gasteiger partial charge in [-0.2, -0.15) is 0 Å². The van der Waals surface area contributed by atoms with E-state index in [1.165, 1.54) is 6.07 Å². The maximum absolute atomic E-state index is 13.2. The molecule has 4 aromatic rings. The standard InChI is InChI=1S/C30H28N2O5/c1-16(2)32-15-20-13-19(9-10-21(20)29(32)34)27-14-26(33)24-12-17(3)11-23(28(24)37-27)18(4)31-25-8-6-5-7-22(25)30(35)36/h5-14,16,18,31H,15H2,1-4H3,(H,35,36). The number of aromatic carboxylic acids is 1. The number of carbonyl (C=O) groups is 2. The predicted octanol–water partition coefficient (Wildman–Crippen LogP) is 6.00. The number of hydrogen-bond acceptors (Lipinski definition) is 5. The molecule has 0 saturated carbocycles. The molecule has 1 aliphatic heterocycles. The molecular weight excluding hydrogens is 468 g/mol. The molecule has 1 aromatic heterocycles. The number of hydrogen-bond donors (Lipinski definition) is 2. The van der Waals surface area contributed by atoms with Gasteiger partial charge in [-0.15, -0.1) is 0 Å². The highest BCUT2D eigenvalue weighted by atomic mass is 16.4. The molecule has 188 valence electrons. The fraction of sp³-hybridized carbons (Fsp3) is 0.233. The Bertz CT molecular complexity index is 1620. The monoisotopic (exact) mass is 496 g/mol. The molecule has 3 aromatic carbocycles. The third-order valence-corrected chi connectivity index (χ3v) is 6.84. The number of para-hydroxylation sites is 1. The highest BCUT2D eigenvalue weighted by Crippen LogP contribution is 2.33. The van der Waals surface area contributed by atoms with E-state index in [9.17, 15) is 19.5 Å². The van der Waals surface area contributed by atoms with E-state index in [-0.39, 0.29) is 29.0 Å². The van der Waals surface area contributed by atoms with Gasteiger partial charge in [0.1, 0.15) is 11.3 Å². The Hall–Kier alpha value is -4.39. The lowest BCUT2D eigenvalue weighted by molar-refractivity contribution is 0.0695.